The number of ether oxygens (including phenoxy) is 8. The molecule has 5 amide bonds. The zero-order valence-electron chi connectivity index (χ0n) is 48.8. The lowest BCUT2D eigenvalue weighted by molar-refractivity contribution is -0.176. The van der Waals surface area contributed by atoms with Gasteiger partial charge in [0.05, 0.1) is 27.4 Å². The van der Waals surface area contributed by atoms with Crippen LogP contribution in [0.1, 0.15) is 19.8 Å². The van der Waals surface area contributed by atoms with Crippen molar-refractivity contribution < 1.29 is 101 Å². The van der Waals surface area contributed by atoms with Crippen LogP contribution in [0.4, 0.5) is 24.0 Å². The molecule has 492 valence electrons. The van der Waals surface area contributed by atoms with Gasteiger partial charge in [0.1, 0.15) is 51.1 Å². The standard InChI is InChI=1S/C14H23N3O7S2.C11H22N2O4S2.C9H20N2O3S2.C6H9ClO4S2.C5H10O3S2/c1-16(2)6-5-15-13(20)22-7-9-25-26-10-8-23-14(21)24-17-11(18)3-4-12(17)19;1-10(14)16-6-8-18-19-9-7-17-11(15)12-4-5-13(2)3;1-11(2)4-3-10-9(13)14-6-8-16-15-7-5-12;1-10-5(8)4-13-12-3-2-11-6(7)9;1-8-5(7)4-10-9-3-2-6/h3-10H2,1-2H3,(H,15,20);4-9H2,1-3H3,(H,12,15);12H,3-8H2,1-2H3,(H,10,13);2-4H2,1H3;6H,2-4H2,1H3. The average Bonchev–Trinajstić information content (AvgIpc) is 3.92. The normalized spacial score (nSPS) is 11.2. The van der Waals surface area contributed by atoms with E-state index < -0.39 is 29.5 Å². The Kier molecular flexibility index (Phi) is 69.9. The number of hydrogen-bond acceptors (Lipinski definition) is 34. The molecule has 5 N–H and O–H groups in total. The maximum Gasteiger partial charge on any atom is 0.533 e. The Morgan fingerprint density at radius 3 is 1.08 bits per heavy atom. The number of alkyl carbamates (subject to hydrolysis) is 3. The maximum atomic E-state index is 11.4. The number of aliphatic hydroxyl groups is 2. The molecule has 0 aromatic rings. The van der Waals surface area contributed by atoms with E-state index >= 15 is 0 Å². The molecule has 1 rings (SSSR count). The van der Waals surface area contributed by atoms with E-state index in [-0.39, 0.29) is 81.7 Å². The van der Waals surface area contributed by atoms with E-state index in [0.29, 0.717) is 84.8 Å². The van der Waals surface area contributed by atoms with E-state index in [0.717, 1.165) is 31.1 Å². The number of nitrogens with one attached hydrogen (secondary N) is 3. The second-order valence-electron chi connectivity index (χ2n) is 15.5. The van der Waals surface area contributed by atoms with Crippen LogP contribution in [0.25, 0.3) is 0 Å². The molecule has 1 saturated heterocycles. The third-order valence-corrected chi connectivity index (χ3v) is 19.2. The third-order valence-electron chi connectivity index (χ3n) is 7.67. The summed E-state index contributed by atoms with van der Waals surface area (Å²) in [5, 5.41) is 25.2. The summed E-state index contributed by atoms with van der Waals surface area (Å²) in [6.45, 7) is 7.53. The fraction of sp³-hybridized carbons (Fsp3) is 0.778. The van der Waals surface area contributed by atoms with E-state index in [1.165, 1.54) is 85.9 Å². The summed E-state index contributed by atoms with van der Waals surface area (Å²) in [5.74, 6) is 4.00. The molecule has 0 atom stereocenters. The first-order chi connectivity index (χ1) is 40.1. The van der Waals surface area contributed by atoms with Gasteiger partial charge in [0.2, 0.25) is 0 Å². The van der Waals surface area contributed by atoms with Gasteiger partial charge >= 0.3 is 47.8 Å². The minimum Gasteiger partial charge on any atom is -0.468 e. The van der Waals surface area contributed by atoms with Gasteiger partial charge in [0.15, 0.2) is 0 Å². The number of amides is 5. The zero-order chi connectivity index (χ0) is 64.0. The molecule has 0 spiro atoms. The Labute approximate surface area is 537 Å². The monoisotopic (exact) mass is 1410 g/mol. The number of nitrogens with zero attached hydrogens (tertiary/aromatic N) is 4. The molecule has 1 heterocycles. The van der Waals surface area contributed by atoms with Crippen molar-refractivity contribution in [3.63, 3.8) is 0 Å². The highest BCUT2D eigenvalue weighted by Crippen LogP contribution is 2.23. The van der Waals surface area contributed by atoms with Gasteiger partial charge in [-0.3, -0.25) is 28.8 Å². The number of imide groups is 1. The van der Waals surface area contributed by atoms with Crippen LogP contribution in [0.15, 0.2) is 0 Å². The number of methoxy groups -OCH3 is 2. The summed E-state index contributed by atoms with van der Waals surface area (Å²) < 4.78 is 37.7. The topological polar surface area (TPSA) is 343 Å². The van der Waals surface area contributed by atoms with Gasteiger partial charge in [0.25, 0.3) is 11.8 Å². The van der Waals surface area contributed by atoms with Gasteiger partial charge in [-0.2, -0.15) is 0 Å². The van der Waals surface area contributed by atoms with Gasteiger partial charge < -0.3 is 78.8 Å². The molecular formula is C45H84ClN7O21S10. The Bertz CT molecular complexity index is 1740. The van der Waals surface area contributed by atoms with Crippen LogP contribution in [0, 0.1) is 0 Å². The Morgan fingerprint density at radius 1 is 0.476 bits per heavy atom. The number of carbonyl (C=O) groups excluding carboxylic acids is 10. The molecule has 0 aromatic carbocycles. The minimum absolute atomic E-state index is 0.0361. The molecule has 1 aliphatic heterocycles. The number of likely N-dealkylation sites (N-methyl/N-ethyl adjacent to an activating group) is 3. The fourth-order valence-corrected chi connectivity index (χ4v) is 12.2. The van der Waals surface area contributed by atoms with Crippen molar-refractivity contribution in [3.8, 4) is 0 Å². The summed E-state index contributed by atoms with van der Waals surface area (Å²) in [6.07, 6.45) is -2.21. The molecule has 28 nitrogen and oxygen atoms in total. The second-order valence-corrected chi connectivity index (χ2v) is 29.1. The zero-order valence-corrected chi connectivity index (χ0v) is 57.7. The smallest absolute Gasteiger partial charge is 0.468 e. The molecule has 1 fully saturated rings. The van der Waals surface area contributed by atoms with Crippen LogP contribution in [0.2, 0.25) is 0 Å². The highest BCUT2D eigenvalue weighted by molar-refractivity contribution is 8.78. The molecule has 84 heavy (non-hydrogen) atoms. The quantitative estimate of drug-likeness (QED) is 0.0131. The Hall–Kier alpha value is -2.31. The van der Waals surface area contributed by atoms with Crippen molar-refractivity contribution >= 4 is 179 Å². The van der Waals surface area contributed by atoms with E-state index in [1.807, 2.05) is 57.0 Å². The number of aliphatic hydroxyl groups excluding tert-OH is 2. The molecule has 1 aliphatic rings. The molecule has 0 radical (unpaired) electrons. The summed E-state index contributed by atoms with van der Waals surface area (Å²) in [6, 6.07) is 0. The molecule has 39 heteroatoms. The number of carbonyl (C=O) groups is 10. The van der Waals surface area contributed by atoms with Gasteiger partial charge in [-0.15, -0.1) is 0 Å². The van der Waals surface area contributed by atoms with Gasteiger partial charge in [0, 0.05) is 117 Å². The summed E-state index contributed by atoms with van der Waals surface area (Å²) in [4.78, 5) is 120. The number of halogens is 1. The molecule has 0 aromatic heterocycles. The largest absolute Gasteiger partial charge is 0.533 e. The molecular weight excluding hydrogens is 1330 g/mol. The van der Waals surface area contributed by atoms with Crippen LogP contribution in [-0.2, 0) is 66.7 Å². The first-order valence-electron chi connectivity index (χ1n) is 25.0. The van der Waals surface area contributed by atoms with Crippen LogP contribution >= 0.6 is 120 Å². The number of esters is 3. The molecule has 0 unspecified atom stereocenters. The predicted octanol–water partition coefficient (Wildman–Crippen LogP) is 5.19. The summed E-state index contributed by atoms with van der Waals surface area (Å²) >= 11 is 4.91. The van der Waals surface area contributed by atoms with Crippen molar-refractivity contribution in [1.82, 2.24) is 35.7 Å². The average molecular weight is 1420 g/mol. The van der Waals surface area contributed by atoms with Crippen molar-refractivity contribution in [2.24, 2.45) is 0 Å². The van der Waals surface area contributed by atoms with Crippen LogP contribution < -0.4 is 16.0 Å². The Morgan fingerprint density at radius 2 is 0.774 bits per heavy atom. The van der Waals surface area contributed by atoms with Crippen molar-refractivity contribution in [2.45, 2.75) is 19.8 Å². The minimum atomic E-state index is -1.09. The summed E-state index contributed by atoms with van der Waals surface area (Å²) in [5.41, 5.74) is -0.807. The molecule has 0 bridgehead atoms. The SMILES string of the molecule is CC(=O)OCCSSCCOC(=O)NCCN(C)C.CN(C)CCNC(=O)OCCSSCCO.CN(C)CCNC(=O)OCCSSCCOC(=O)ON1C(=O)CCC1=O.COC(=O)CSSCCO.COC(=O)CSSCCOC(=O)Cl. The van der Waals surface area contributed by atoms with Crippen molar-refractivity contribution in [1.29, 1.82) is 0 Å². The lowest BCUT2D eigenvalue weighted by Crippen LogP contribution is -2.32. The fourth-order valence-electron chi connectivity index (χ4n) is 3.94. The molecule has 0 saturated carbocycles. The number of rotatable bonds is 41. The highest BCUT2D eigenvalue weighted by atomic mass is 35.5. The van der Waals surface area contributed by atoms with Crippen LogP contribution in [-0.4, -0.2) is 296 Å². The van der Waals surface area contributed by atoms with E-state index in [9.17, 15) is 47.9 Å². The van der Waals surface area contributed by atoms with Crippen LogP contribution in [0.3, 0.4) is 0 Å². The van der Waals surface area contributed by atoms with Crippen molar-refractivity contribution in [3.05, 3.63) is 0 Å². The van der Waals surface area contributed by atoms with Gasteiger partial charge in [-0.25, -0.2) is 24.0 Å². The predicted molar refractivity (Wildman–Crippen MR) is 344 cm³/mol. The lowest BCUT2D eigenvalue weighted by Gasteiger charge is -2.12. The van der Waals surface area contributed by atoms with E-state index in [4.69, 9.17) is 45.5 Å². The second kappa shape index (κ2) is 66.6. The van der Waals surface area contributed by atoms with Gasteiger partial charge in [-0.05, 0) is 42.3 Å². The molecule has 0 aliphatic carbocycles. The number of hydrogen-bond donors (Lipinski definition) is 5. The third kappa shape index (κ3) is 73.9. The highest BCUT2D eigenvalue weighted by Gasteiger charge is 2.33. The Balaban J connectivity index is -0.000000495. The van der Waals surface area contributed by atoms with Crippen molar-refractivity contribution in [2.75, 3.05) is 206 Å². The number of hydroxylamine groups is 2. The summed E-state index contributed by atoms with van der Waals surface area (Å²) in [7, 11) is 29.2. The first-order valence-corrected chi connectivity index (χ1v) is 37.8. The van der Waals surface area contributed by atoms with E-state index in [2.05, 4.69) is 35.0 Å². The van der Waals surface area contributed by atoms with Gasteiger partial charge in [-0.1, -0.05) is 113 Å². The van der Waals surface area contributed by atoms with Crippen LogP contribution in [0.5, 0.6) is 0 Å². The maximum absolute atomic E-state index is 11.4. The first kappa shape index (κ1) is 88.1. The lowest BCUT2D eigenvalue weighted by atomic mass is 10.4. The van der Waals surface area contributed by atoms with E-state index in [1.54, 1.807) is 43.2 Å².